The van der Waals surface area contributed by atoms with Gasteiger partial charge in [-0.1, -0.05) is 6.07 Å². The first-order valence-corrected chi connectivity index (χ1v) is 7.16. The van der Waals surface area contributed by atoms with Crippen LogP contribution < -0.4 is 20.1 Å². The summed E-state index contributed by atoms with van der Waals surface area (Å²) in [5.41, 5.74) is 0. The Labute approximate surface area is 152 Å². The molecule has 2 N–H and O–H groups in total. The highest BCUT2D eigenvalue weighted by atomic mass is 127. The topological polar surface area (TPSA) is 54.9 Å². The maximum absolute atomic E-state index is 12.2. The quantitative estimate of drug-likeness (QED) is 0.369. The van der Waals surface area contributed by atoms with E-state index in [4.69, 9.17) is 9.47 Å². The summed E-state index contributed by atoms with van der Waals surface area (Å²) in [7, 11) is 1.59. The van der Waals surface area contributed by atoms with Crippen LogP contribution in [0.1, 0.15) is 13.8 Å². The smallest absolute Gasteiger partial charge is 0.257 e. The molecule has 23 heavy (non-hydrogen) atoms. The number of aliphatic imine (C=N–C) groups is 1. The molecule has 5 nitrogen and oxygen atoms in total. The van der Waals surface area contributed by atoms with Crippen LogP contribution in [-0.4, -0.2) is 45.2 Å². The van der Waals surface area contributed by atoms with Crippen molar-refractivity contribution in [3.05, 3.63) is 24.3 Å². The zero-order valence-corrected chi connectivity index (χ0v) is 15.8. The monoisotopic (exact) mass is 443 g/mol. The molecule has 1 atom stereocenters. The lowest BCUT2D eigenvalue weighted by molar-refractivity contribution is 0.158. The molecule has 1 rings (SSSR count). The highest BCUT2D eigenvalue weighted by molar-refractivity contribution is 14.0. The Kier molecular flexibility index (Phi) is 11.4. The standard InChI is InChI=1S/C15H23F2N3O2.HI/c1-4-18-15(20-10-14(16)17)19-9-11(2)22-13-7-5-6-12(8-13)21-3;/h5-8,11,14H,4,9-10H2,1-3H3,(H2,18,19,20);1H. The number of hydrogen-bond acceptors (Lipinski definition) is 3. The van der Waals surface area contributed by atoms with Crippen LogP contribution in [-0.2, 0) is 0 Å². The van der Waals surface area contributed by atoms with E-state index in [-0.39, 0.29) is 30.1 Å². The van der Waals surface area contributed by atoms with Gasteiger partial charge in [-0.25, -0.2) is 13.8 Å². The van der Waals surface area contributed by atoms with Crippen molar-refractivity contribution in [3.63, 3.8) is 0 Å². The maximum Gasteiger partial charge on any atom is 0.257 e. The van der Waals surface area contributed by atoms with Crippen molar-refractivity contribution in [2.24, 2.45) is 4.99 Å². The third-order valence-electron chi connectivity index (χ3n) is 2.67. The largest absolute Gasteiger partial charge is 0.497 e. The molecule has 0 spiro atoms. The predicted molar refractivity (Wildman–Crippen MR) is 98.5 cm³/mol. The molecule has 8 heteroatoms. The van der Waals surface area contributed by atoms with Crippen molar-refractivity contribution in [3.8, 4) is 11.5 Å². The van der Waals surface area contributed by atoms with E-state index in [0.29, 0.717) is 30.5 Å². The highest BCUT2D eigenvalue weighted by Gasteiger charge is 2.07. The fourth-order valence-corrected chi connectivity index (χ4v) is 1.69. The maximum atomic E-state index is 12.2. The van der Waals surface area contributed by atoms with Crippen molar-refractivity contribution in [2.45, 2.75) is 26.4 Å². The minimum atomic E-state index is -2.46. The molecule has 0 aliphatic heterocycles. The number of nitrogens with zero attached hydrogens (tertiary/aromatic N) is 1. The van der Waals surface area contributed by atoms with E-state index < -0.39 is 13.0 Å². The van der Waals surface area contributed by atoms with E-state index in [0.717, 1.165) is 0 Å². The van der Waals surface area contributed by atoms with Crippen molar-refractivity contribution >= 4 is 29.9 Å². The molecule has 0 amide bonds. The number of methoxy groups -OCH3 is 1. The Hall–Kier alpha value is -1.32. The molecule has 0 aliphatic carbocycles. The third kappa shape index (κ3) is 9.42. The van der Waals surface area contributed by atoms with Gasteiger partial charge in [-0.2, -0.15) is 0 Å². The van der Waals surface area contributed by atoms with Gasteiger partial charge in [-0.3, -0.25) is 0 Å². The van der Waals surface area contributed by atoms with Gasteiger partial charge in [0.1, 0.15) is 24.1 Å². The normalized spacial score (nSPS) is 12.3. The van der Waals surface area contributed by atoms with E-state index in [1.54, 1.807) is 13.2 Å². The number of alkyl halides is 2. The lowest BCUT2D eigenvalue weighted by atomic mass is 10.3. The Balaban J connectivity index is 0.00000484. The first-order valence-electron chi connectivity index (χ1n) is 7.16. The third-order valence-corrected chi connectivity index (χ3v) is 2.67. The van der Waals surface area contributed by atoms with Crippen LogP contribution in [0, 0.1) is 0 Å². The zero-order valence-electron chi connectivity index (χ0n) is 13.5. The molecule has 0 aliphatic rings. The Bertz CT molecular complexity index is 476. The predicted octanol–water partition coefficient (Wildman–Crippen LogP) is 2.90. The molecular weight excluding hydrogens is 419 g/mol. The molecule has 1 unspecified atom stereocenters. The molecule has 1 aromatic carbocycles. The fourth-order valence-electron chi connectivity index (χ4n) is 1.69. The zero-order chi connectivity index (χ0) is 16.4. The van der Waals surface area contributed by atoms with Gasteiger partial charge in [0.15, 0.2) is 5.96 Å². The Morgan fingerprint density at radius 3 is 2.57 bits per heavy atom. The molecule has 132 valence electrons. The summed E-state index contributed by atoms with van der Waals surface area (Å²) < 4.78 is 35.3. The number of benzene rings is 1. The molecule has 0 saturated heterocycles. The van der Waals surface area contributed by atoms with Gasteiger partial charge in [-0.05, 0) is 26.0 Å². The van der Waals surface area contributed by atoms with Crippen LogP contribution in [0.3, 0.4) is 0 Å². The van der Waals surface area contributed by atoms with Gasteiger partial charge >= 0.3 is 0 Å². The van der Waals surface area contributed by atoms with Crippen LogP contribution in [0.2, 0.25) is 0 Å². The van der Waals surface area contributed by atoms with Gasteiger partial charge in [-0.15, -0.1) is 24.0 Å². The summed E-state index contributed by atoms with van der Waals surface area (Å²) in [6.07, 6.45) is -2.62. The number of halogens is 3. The van der Waals surface area contributed by atoms with Crippen LogP contribution in [0.4, 0.5) is 8.78 Å². The molecule has 0 radical (unpaired) electrons. The Morgan fingerprint density at radius 1 is 1.26 bits per heavy atom. The Morgan fingerprint density at radius 2 is 1.96 bits per heavy atom. The van der Waals surface area contributed by atoms with Crippen LogP contribution in [0.25, 0.3) is 0 Å². The number of nitrogens with one attached hydrogen (secondary N) is 2. The van der Waals surface area contributed by atoms with Crippen LogP contribution >= 0.6 is 24.0 Å². The van der Waals surface area contributed by atoms with Crippen molar-refractivity contribution in [2.75, 3.05) is 26.7 Å². The van der Waals surface area contributed by atoms with Crippen molar-refractivity contribution < 1.29 is 18.3 Å². The molecule has 0 bridgehead atoms. The summed E-state index contributed by atoms with van der Waals surface area (Å²) in [6, 6.07) is 7.28. The summed E-state index contributed by atoms with van der Waals surface area (Å²) in [5.74, 6) is 1.75. The average Bonchev–Trinajstić information content (AvgIpc) is 2.50. The lowest BCUT2D eigenvalue weighted by Crippen LogP contribution is -2.42. The molecule has 0 fully saturated rings. The first-order chi connectivity index (χ1) is 10.5. The second-order valence-corrected chi connectivity index (χ2v) is 4.60. The van der Waals surface area contributed by atoms with E-state index >= 15 is 0 Å². The van der Waals surface area contributed by atoms with Gasteiger partial charge in [0.05, 0.1) is 13.7 Å². The second-order valence-electron chi connectivity index (χ2n) is 4.60. The summed E-state index contributed by atoms with van der Waals surface area (Å²) in [6.45, 7) is 4.26. The number of ether oxygens (including phenoxy) is 2. The summed E-state index contributed by atoms with van der Waals surface area (Å²) in [5, 5.41) is 5.88. The number of rotatable bonds is 8. The summed E-state index contributed by atoms with van der Waals surface area (Å²) in [4.78, 5) is 3.79. The average molecular weight is 443 g/mol. The molecule has 0 saturated carbocycles. The lowest BCUT2D eigenvalue weighted by Gasteiger charge is -2.18. The number of guanidine groups is 1. The summed E-state index contributed by atoms with van der Waals surface area (Å²) >= 11 is 0. The minimum absolute atomic E-state index is 0. The molecule has 1 aromatic rings. The SMILES string of the molecule is CCNC(=NCC(F)F)NCC(C)Oc1cccc(OC)c1.I. The van der Waals surface area contributed by atoms with Gasteiger partial charge in [0.2, 0.25) is 0 Å². The van der Waals surface area contributed by atoms with E-state index in [1.165, 1.54) is 0 Å². The highest BCUT2D eigenvalue weighted by Crippen LogP contribution is 2.19. The molecule has 0 heterocycles. The van der Waals surface area contributed by atoms with Crippen molar-refractivity contribution in [1.29, 1.82) is 0 Å². The molecule has 0 aromatic heterocycles. The van der Waals surface area contributed by atoms with Crippen LogP contribution in [0.5, 0.6) is 11.5 Å². The minimum Gasteiger partial charge on any atom is -0.497 e. The van der Waals surface area contributed by atoms with E-state index in [2.05, 4.69) is 15.6 Å². The number of hydrogen-bond donors (Lipinski definition) is 2. The van der Waals surface area contributed by atoms with Crippen LogP contribution in [0.15, 0.2) is 29.3 Å². The van der Waals surface area contributed by atoms with E-state index in [1.807, 2.05) is 32.0 Å². The van der Waals surface area contributed by atoms with Gasteiger partial charge in [0, 0.05) is 12.6 Å². The fraction of sp³-hybridized carbons (Fsp3) is 0.533. The van der Waals surface area contributed by atoms with Gasteiger partial charge < -0.3 is 20.1 Å². The van der Waals surface area contributed by atoms with Gasteiger partial charge in [0.25, 0.3) is 6.43 Å². The second kappa shape index (κ2) is 12.1. The van der Waals surface area contributed by atoms with E-state index in [9.17, 15) is 8.78 Å². The molecular formula is C15H24F2IN3O2. The first kappa shape index (κ1) is 21.7. The van der Waals surface area contributed by atoms with Crippen molar-refractivity contribution in [1.82, 2.24) is 10.6 Å².